The number of nitrogens with one attached hydrogen (secondary N) is 1. The van der Waals surface area contributed by atoms with Gasteiger partial charge in [0.15, 0.2) is 0 Å². The number of carbonyl (C=O) groups is 1. The maximum Gasteiger partial charge on any atom is 0.251 e. The summed E-state index contributed by atoms with van der Waals surface area (Å²) in [5, 5.41) is 4.56. The van der Waals surface area contributed by atoms with E-state index in [1.54, 1.807) is 18.2 Å². The van der Waals surface area contributed by atoms with Crippen LogP contribution in [0, 0.1) is 0 Å². The van der Waals surface area contributed by atoms with Gasteiger partial charge in [-0.3, -0.25) is 9.69 Å². The van der Waals surface area contributed by atoms with Gasteiger partial charge in [0.25, 0.3) is 5.91 Å². The largest absolute Gasteiger partial charge is 0.487 e. The van der Waals surface area contributed by atoms with Gasteiger partial charge >= 0.3 is 0 Å². The minimum Gasteiger partial charge on any atom is -0.487 e. The van der Waals surface area contributed by atoms with E-state index in [0.29, 0.717) is 20.6 Å². The molecule has 2 saturated heterocycles. The summed E-state index contributed by atoms with van der Waals surface area (Å²) in [6.07, 6.45) is 2.13. The van der Waals surface area contributed by atoms with Crippen molar-refractivity contribution in [1.29, 1.82) is 0 Å². The van der Waals surface area contributed by atoms with Crippen LogP contribution < -0.4 is 10.1 Å². The van der Waals surface area contributed by atoms with Crippen LogP contribution in [0.1, 0.15) is 28.8 Å². The van der Waals surface area contributed by atoms with Gasteiger partial charge in [0.05, 0.1) is 15.1 Å². The minimum absolute atomic E-state index is 0.0967. The van der Waals surface area contributed by atoms with Crippen LogP contribution in [0.15, 0.2) is 36.4 Å². The Balaban J connectivity index is 1.29. The highest BCUT2D eigenvalue weighted by Gasteiger charge is 2.25. The Bertz CT molecular complexity index is 956. The molecule has 0 radical (unpaired) electrons. The summed E-state index contributed by atoms with van der Waals surface area (Å²) < 4.78 is 6.07. The molecule has 0 aromatic heterocycles. The van der Waals surface area contributed by atoms with E-state index < -0.39 is 0 Å². The number of nitrogens with zero attached hydrogens (tertiary/aromatic N) is 2. The van der Waals surface area contributed by atoms with E-state index in [9.17, 15) is 4.79 Å². The first-order valence-electron chi connectivity index (χ1n) is 10.5. The van der Waals surface area contributed by atoms with E-state index in [0.717, 1.165) is 56.9 Å². The average Bonchev–Trinajstić information content (AvgIpc) is 3.34. The van der Waals surface area contributed by atoms with E-state index >= 15 is 0 Å². The Hall–Kier alpha value is -1.50. The number of likely N-dealkylation sites (N-methyl/N-ethyl adjacent to an activating group) is 1. The third kappa shape index (κ3) is 5.85. The van der Waals surface area contributed by atoms with Gasteiger partial charge < -0.3 is 15.0 Å². The molecule has 2 heterocycles. The van der Waals surface area contributed by atoms with E-state index in [4.69, 9.17) is 39.5 Å². The lowest BCUT2D eigenvalue weighted by Crippen LogP contribution is -2.37. The predicted octanol–water partition coefficient (Wildman–Crippen LogP) is 4.73. The molecule has 0 aliphatic carbocycles. The number of ether oxygens (including phenoxy) is 1. The fraction of sp³-hybridized carbons (Fsp3) is 0.435. The molecule has 2 atom stereocenters. The summed E-state index contributed by atoms with van der Waals surface area (Å²) in [4.78, 5) is 17.1. The van der Waals surface area contributed by atoms with Crippen molar-refractivity contribution in [2.75, 3.05) is 33.2 Å². The third-order valence-electron chi connectivity index (χ3n) is 5.83. The Morgan fingerprint density at radius 2 is 1.87 bits per heavy atom. The summed E-state index contributed by atoms with van der Waals surface area (Å²) in [6.45, 7) is 4.47. The van der Waals surface area contributed by atoms with Gasteiger partial charge in [-0.2, -0.15) is 0 Å². The lowest BCUT2D eigenvalue weighted by Gasteiger charge is -2.19. The average molecular weight is 483 g/mol. The molecule has 2 fully saturated rings. The summed E-state index contributed by atoms with van der Waals surface area (Å²) in [7, 11) is 2.10. The lowest BCUT2D eigenvalue weighted by molar-refractivity contribution is 0.0937. The molecule has 4 rings (SSSR count). The highest BCUT2D eigenvalue weighted by Crippen LogP contribution is 2.29. The van der Waals surface area contributed by atoms with E-state index in [1.807, 2.05) is 12.1 Å². The van der Waals surface area contributed by atoms with E-state index in [2.05, 4.69) is 28.2 Å². The second-order valence-electron chi connectivity index (χ2n) is 8.38. The zero-order chi connectivity index (χ0) is 22.0. The molecule has 1 unspecified atom stereocenters. The van der Waals surface area contributed by atoms with Crippen molar-refractivity contribution in [1.82, 2.24) is 15.1 Å². The molecule has 5 nitrogen and oxygen atoms in total. The molecule has 31 heavy (non-hydrogen) atoms. The monoisotopic (exact) mass is 481 g/mol. The molecular weight excluding hydrogens is 457 g/mol. The van der Waals surface area contributed by atoms with Crippen LogP contribution in [0.4, 0.5) is 0 Å². The molecule has 2 aliphatic rings. The van der Waals surface area contributed by atoms with Gasteiger partial charge in [0.1, 0.15) is 11.9 Å². The number of carbonyl (C=O) groups excluding carboxylic acids is 1. The molecular formula is C23H26Cl3N3O2. The summed E-state index contributed by atoms with van der Waals surface area (Å²) in [6, 6.07) is 11.0. The van der Waals surface area contributed by atoms with Crippen molar-refractivity contribution in [2.45, 2.75) is 31.5 Å². The van der Waals surface area contributed by atoms with Gasteiger partial charge in [-0.1, -0.05) is 40.9 Å². The van der Waals surface area contributed by atoms with Gasteiger partial charge in [-0.15, -0.1) is 0 Å². The van der Waals surface area contributed by atoms with E-state index in [1.165, 1.54) is 0 Å². The molecule has 166 valence electrons. The van der Waals surface area contributed by atoms with Crippen LogP contribution in [0.2, 0.25) is 15.1 Å². The molecule has 1 amide bonds. The fourth-order valence-corrected chi connectivity index (χ4v) is 4.71. The number of benzene rings is 2. The predicted molar refractivity (Wildman–Crippen MR) is 126 cm³/mol. The topological polar surface area (TPSA) is 44.8 Å². The number of hydrogen-bond acceptors (Lipinski definition) is 4. The zero-order valence-electron chi connectivity index (χ0n) is 17.4. The molecule has 2 aromatic rings. The van der Waals surface area contributed by atoms with Crippen LogP contribution in [0.5, 0.6) is 5.75 Å². The Morgan fingerprint density at radius 3 is 2.58 bits per heavy atom. The van der Waals surface area contributed by atoms with Crippen molar-refractivity contribution >= 4 is 40.7 Å². The number of likely N-dealkylation sites (tertiary alicyclic amines) is 2. The smallest absolute Gasteiger partial charge is 0.251 e. The summed E-state index contributed by atoms with van der Waals surface area (Å²) in [5.41, 5.74) is 1.65. The first-order chi connectivity index (χ1) is 14.9. The van der Waals surface area contributed by atoms with Crippen molar-refractivity contribution in [2.24, 2.45) is 0 Å². The fourth-order valence-electron chi connectivity index (χ4n) is 4.17. The zero-order valence-corrected chi connectivity index (χ0v) is 19.7. The number of halogens is 3. The molecule has 0 bridgehead atoms. The lowest BCUT2D eigenvalue weighted by atomic mass is 10.2. The molecule has 0 spiro atoms. The standard InChI is InChI=1S/C23H26Cl3N3O2/c1-28-8-7-18(14-28)31-22-5-2-15(10-21(22)26)12-29-9-6-17(13-29)27-23(30)16-3-4-19(24)20(25)11-16/h2-5,10-11,17-18H,6-9,12-14H2,1H3,(H,27,30)/t17?,18-/m0/s1. The second-order valence-corrected chi connectivity index (χ2v) is 9.60. The third-order valence-corrected chi connectivity index (χ3v) is 6.87. The van der Waals surface area contributed by atoms with Gasteiger partial charge in [-0.25, -0.2) is 0 Å². The Morgan fingerprint density at radius 1 is 1.03 bits per heavy atom. The highest BCUT2D eigenvalue weighted by atomic mass is 35.5. The molecule has 2 aromatic carbocycles. The van der Waals surface area contributed by atoms with Crippen LogP contribution in [0.25, 0.3) is 0 Å². The van der Waals surface area contributed by atoms with Gasteiger partial charge in [0, 0.05) is 44.3 Å². The van der Waals surface area contributed by atoms with Crippen LogP contribution in [-0.4, -0.2) is 61.1 Å². The highest BCUT2D eigenvalue weighted by molar-refractivity contribution is 6.42. The van der Waals surface area contributed by atoms with Gasteiger partial charge in [-0.05, 0) is 55.8 Å². The van der Waals surface area contributed by atoms with Gasteiger partial charge in [0.2, 0.25) is 0 Å². The molecule has 0 saturated carbocycles. The maximum atomic E-state index is 12.5. The summed E-state index contributed by atoms with van der Waals surface area (Å²) >= 11 is 18.4. The Kier molecular flexibility index (Phi) is 7.29. The molecule has 8 heteroatoms. The quantitative estimate of drug-likeness (QED) is 0.646. The molecule has 1 N–H and O–H groups in total. The summed E-state index contributed by atoms with van der Waals surface area (Å²) in [5.74, 6) is 0.617. The first-order valence-corrected chi connectivity index (χ1v) is 11.6. The van der Waals surface area contributed by atoms with E-state index in [-0.39, 0.29) is 18.1 Å². The SMILES string of the molecule is CN1CC[C@H](Oc2ccc(CN3CCC(NC(=O)c4ccc(Cl)c(Cl)c4)C3)cc2Cl)C1. The minimum atomic E-state index is -0.132. The number of rotatable bonds is 6. The van der Waals surface area contributed by atoms with Crippen molar-refractivity contribution in [3.63, 3.8) is 0 Å². The normalized spacial score (nSPS) is 22.1. The van der Waals surface area contributed by atoms with Crippen molar-refractivity contribution in [3.05, 3.63) is 62.6 Å². The van der Waals surface area contributed by atoms with Crippen molar-refractivity contribution < 1.29 is 9.53 Å². The number of hydrogen-bond donors (Lipinski definition) is 1. The molecule has 2 aliphatic heterocycles. The first kappa shape index (κ1) is 22.7. The maximum absolute atomic E-state index is 12.5. The second kappa shape index (κ2) is 9.97. The number of amides is 1. The van der Waals surface area contributed by atoms with Crippen LogP contribution in [-0.2, 0) is 6.54 Å². The Labute approximate surface area is 198 Å². The van der Waals surface area contributed by atoms with Crippen LogP contribution >= 0.6 is 34.8 Å². The van der Waals surface area contributed by atoms with Crippen LogP contribution in [0.3, 0.4) is 0 Å². The van der Waals surface area contributed by atoms with Crippen molar-refractivity contribution in [3.8, 4) is 5.75 Å².